The van der Waals surface area contributed by atoms with Gasteiger partial charge in [-0.15, -0.1) is 22.7 Å². The second-order valence-corrected chi connectivity index (χ2v) is 17.4. The molecule has 4 heterocycles. The minimum atomic E-state index is 0.636. The maximum Gasteiger partial charge on any atom is 0.166 e. The van der Waals surface area contributed by atoms with E-state index in [4.69, 9.17) is 15.0 Å². The van der Waals surface area contributed by atoms with E-state index in [9.17, 15) is 0 Å². The Morgan fingerprint density at radius 3 is 1.69 bits per heavy atom. The molecule has 59 heavy (non-hydrogen) atoms. The molecule has 0 saturated carbocycles. The summed E-state index contributed by atoms with van der Waals surface area (Å²) in [6.45, 7) is 0. The normalized spacial score (nSPS) is 12.1. The summed E-state index contributed by atoms with van der Waals surface area (Å²) in [6, 6.07) is 65.6. The zero-order chi connectivity index (χ0) is 38.6. The first-order valence-electron chi connectivity index (χ1n) is 19.8. The molecule has 0 N–H and O–H groups in total. The van der Waals surface area contributed by atoms with Crippen molar-refractivity contribution in [1.29, 1.82) is 0 Å². The van der Waals surface area contributed by atoms with Gasteiger partial charge in [0.05, 0.1) is 16.7 Å². The lowest BCUT2D eigenvalue weighted by Gasteiger charge is -2.15. The molecule has 4 aromatic heterocycles. The maximum absolute atomic E-state index is 5.42. The molecule has 0 aliphatic heterocycles. The van der Waals surface area contributed by atoms with E-state index in [0.717, 1.165) is 33.4 Å². The van der Waals surface area contributed by atoms with Crippen LogP contribution in [-0.4, -0.2) is 19.5 Å². The van der Waals surface area contributed by atoms with Crippen molar-refractivity contribution >= 4 is 106 Å². The van der Waals surface area contributed by atoms with E-state index in [1.165, 1.54) is 72.7 Å². The number of rotatable bonds is 4. The summed E-state index contributed by atoms with van der Waals surface area (Å²) in [6.07, 6.45) is 0. The average molecular weight is 787 g/mol. The van der Waals surface area contributed by atoms with Crippen molar-refractivity contribution in [1.82, 2.24) is 19.5 Å². The van der Waals surface area contributed by atoms with E-state index >= 15 is 0 Å². The van der Waals surface area contributed by atoms with Gasteiger partial charge in [-0.05, 0) is 76.1 Å². The number of nitrogens with zero attached hydrogens (tertiary/aromatic N) is 4. The molecule has 0 saturated heterocycles. The van der Waals surface area contributed by atoms with Gasteiger partial charge in [-0.1, -0.05) is 127 Å². The van der Waals surface area contributed by atoms with Crippen molar-refractivity contribution < 1.29 is 0 Å². The zero-order valence-electron chi connectivity index (χ0n) is 31.4. The molecular formula is C53H30N4S2. The van der Waals surface area contributed by atoms with Gasteiger partial charge in [0.2, 0.25) is 0 Å². The third kappa shape index (κ3) is 5.10. The van der Waals surface area contributed by atoms with Crippen LogP contribution >= 0.6 is 22.7 Å². The van der Waals surface area contributed by atoms with Crippen molar-refractivity contribution in [3.8, 4) is 39.9 Å². The number of fused-ring (bicyclic) bond motifs is 11. The summed E-state index contributed by atoms with van der Waals surface area (Å²) in [5, 5.41) is 12.3. The number of aromatic nitrogens is 4. The second-order valence-electron chi connectivity index (χ2n) is 15.2. The molecule has 6 heteroatoms. The zero-order valence-corrected chi connectivity index (χ0v) is 33.1. The highest BCUT2D eigenvalue weighted by Gasteiger charge is 2.22. The molecule has 13 aromatic rings. The Morgan fingerprint density at radius 2 is 0.881 bits per heavy atom. The highest BCUT2D eigenvalue weighted by molar-refractivity contribution is 7.26. The largest absolute Gasteiger partial charge is 0.308 e. The molecule has 0 radical (unpaired) electrons. The monoisotopic (exact) mass is 786 g/mol. The van der Waals surface area contributed by atoms with Gasteiger partial charge in [0, 0.05) is 67.8 Å². The van der Waals surface area contributed by atoms with Gasteiger partial charge in [0.15, 0.2) is 17.5 Å². The third-order valence-electron chi connectivity index (χ3n) is 11.8. The Kier molecular flexibility index (Phi) is 7.02. The van der Waals surface area contributed by atoms with Crippen molar-refractivity contribution in [2.75, 3.05) is 0 Å². The molecular weight excluding hydrogens is 757 g/mol. The van der Waals surface area contributed by atoms with Gasteiger partial charge in [0.1, 0.15) is 0 Å². The van der Waals surface area contributed by atoms with Gasteiger partial charge < -0.3 is 4.57 Å². The van der Waals surface area contributed by atoms with Gasteiger partial charge in [-0.25, -0.2) is 15.0 Å². The number of benzene rings is 9. The van der Waals surface area contributed by atoms with Crippen LogP contribution in [0.25, 0.3) is 124 Å². The molecule has 13 rings (SSSR count). The van der Waals surface area contributed by atoms with Crippen LogP contribution in [-0.2, 0) is 0 Å². The molecule has 0 amide bonds. The quantitative estimate of drug-likeness (QED) is 0.178. The SMILES string of the molecule is c1ccc(-c2nc(-c3ccc4c(c3)sc3ccccc34)nc(-c3cc4sc5cc6ccccc6cc5c4cc3-n3c4ccccc4c4cc5ccccc5cc43)n2)cc1. The first-order chi connectivity index (χ1) is 29.2. The van der Waals surface area contributed by atoms with Crippen LogP contribution in [0.2, 0.25) is 0 Å². The minimum Gasteiger partial charge on any atom is -0.308 e. The summed E-state index contributed by atoms with van der Waals surface area (Å²) in [4.78, 5) is 16.0. The first kappa shape index (κ1) is 32.8. The van der Waals surface area contributed by atoms with Crippen LogP contribution in [0.15, 0.2) is 182 Å². The number of thiophene rings is 2. The van der Waals surface area contributed by atoms with Gasteiger partial charge in [-0.2, -0.15) is 0 Å². The number of hydrogen-bond acceptors (Lipinski definition) is 5. The van der Waals surface area contributed by atoms with Crippen molar-refractivity contribution in [3.05, 3.63) is 182 Å². The van der Waals surface area contributed by atoms with Crippen LogP contribution in [0.4, 0.5) is 0 Å². The molecule has 0 spiro atoms. The van der Waals surface area contributed by atoms with E-state index in [1.807, 2.05) is 29.5 Å². The second kappa shape index (κ2) is 12.6. The Labute approximate surface area is 345 Å². The molecule has 274 valence electrons. The third-order valence-corrected chi connectivity index (χ3v) is 14.0. The molecule has 0 aliphatic rings. The van der Waals surface area contributed by atoms with Crippen LogP contribution < -0.4 is 0 Å². The lowest BCUT2D eigenvalue weighted by atomic mass is 10.0. The standard InChI is InChI=1S/C53H30N4S2/c1-2-12-31(13-3-1)51-54-52(36-22-23-39-38-19-9-11-21-47(38)58-48(39)28-36)56-53(55-51)43-30-50-42(41-25-33-15-5-7-17-35(33)27-49(41)59-50)29-46(43)57-44-20-10-8-18-37(44)40-24-32-14-4-6-16-34(32)26-45(40)57/h1-30H. The van der Waals surface area contributed by atoms with Gasteiger partial charge in [-0.3, -0.25) is 0 Å². The molecule has 0 fully saturated rings. The molecule has 4 nitrogen and oxygen atoms in total. The van der Waals surface area contributed by atoms with Crippen molar-refractivity contribution in [2.45, 2.75) is 0 Å². The van der Waals surface area contributed by atoms with Crippen LogP contribution in [0.1, 0.15) is 0 Å². The van der Waals surface area contributed by atoms with Crippen molar-refractivity contribution in [3.63, 3.8) is 0 Å². The van der Waals surface area contributed by atoms with E-state index in [-0.39, 0.29) is 0 Å². The summed E-state index contributed by atoms with van der Waals surface area (Å²) in [7, 11) is 0. The fraction of sp³-hybridized carbons (Fsp3) is 0. The average Bonchev–Trinajstić information content (AvgIpc) is 3.95. The lowest BCUT2D eigenvalue weighted by Crippen LogP contribution is -2.03. The Morgan fingerprint density at radius 1 is 0.322 bits per heavy atom. The van der Waals surface area contributed by atoms with E-state index in [0.29, 0.717) is 17.5 Å². The highest BCUT2D eigenvalue weighted by atomic mass is 32.1. The molecule has 0 aliphatic carbocycles. The molecule has 0 unspecified atom stereocenters. The fourth-order valence-corrected chi connectivity index (χ4v) is 11.3. The summed E-state index contributed by atoms with van der Waals surface area (Å²) in [5.41, 5.74) is 6.17. The predicted molar refractivity (Wildman–Crippen MR) is 251 cm³/mol. The van der Waals surface area contributed by atoms with E-state index in [1.54, 1.807) is 11.3 Å². The highest BCUT2D eigenvalue weighted by Crippen LogP contribution is 2.44. The number of para-hydroxylation sites is 1. The van der Waals surface area contributed by atoms with Crippen LogP contribution in [0.5, 0.6) is 0 Å². The molecule has 0 atom stereocenters. The predicted octanol–water partition coefficient (Wildman–Crippen LogP) is 15.0. The Balaban J connectivity index is 1.14. The summed E-state index contributed by atoms with van der Waals surface area (Å²) in [5.74, 6) is 1.93. The molecule has 9 aromatic carbocycles. The van der Waals surface area contributed by atoms with E-state index in [2.05, 4.69) is 168 Å². The van der Waals surface area contributed by atoms with Crippen molar-refractivity contribution in [2.24, 2.45) is 0 Å². The lowest BCUT2D eigenvalue weighted by molar-refractivity contribution is 1.07. The Bertz CT molecular complexity index is 3860. The summed E-state index contributed by atoms with van der Waals surface area (Å²) < 4.78 is 7.37. The first-order valence-corrected chi connectivity index (χ1v) is 21.4. The van der Waals surface area contributed by atoms with Crippen LogP contribution in [0, 0.1) is 0 Å². The minimum absolute atomic E-state index is 0.636. The van der Waals surface area contributed by atoms with Gasteiger partial charge in [0.25, 0.3) is 0 Å². The fourth-order valence-electron chi connectivity index (χ4n) is 8.98. The Hall–Kier alpha value is -7.25. The van der Waals surface area contributed by atoms with Crippen LogP contribution in [0.3, 0.4) is 0 Å². The van der Waals surface area contributed by atoms with Gasteiger partial charge >= 0.3 is 0 Å². The van der Waals surface area contributed by atoms with E-state index < -0.39 is 0 Å². The topological polar surface area (TPSA) is 43.6 Å². The smallest absolute Gasteiger partial charge is 0.166 e. The number of hydrogen-bond donors (Lipinski definition) is 0. The maximum atomic E-state index is 5.42. The molecule has 0 bridgehead atoms. The summed E-state index contributed by atoms with van der Waals surface area (Å²) >= 11 is 3.63.